The minimum atomic E-state index is 0.0226. The smallest absolute Gasteiger partial charge is 0.127 e. The Morgan fingerprint density at radius 1 is 1.43 bits per heavy atom. The van der Waals surface area contributed by atoms with Crippen molar-refractivity contribution in [3.63, 3.8) is 0 Å². The van der Waals surface area contributed by atoms with Gasteiger partial charge in [0.2, 0.25) is 0 Å². The highest BCUT2D eigenvalue weighted by molar-refractivity contribution is 5.38. The van der Waals surface area contributed by atoms with E-state index in [4.69, 9.17) is 0 Å². The predicted octanol–water partition coefficient (Wildman–Crippen LogP) is 3.58. The van der Waals surface area contributed by atoms with Gasteiger partial charge in [0.25, 0.3) is 0 Å². The van der Waals surface area contributed by atoms with E-state index in [2.05, 4.69) is 0 Å². The molecule has 0 radical (unpaired) electrons. The lowest BCUT2D eigenvalue weighted by molar-refractivity contribution is 0.558. The van der Waals surface area contributed by atoms with Gasteiger partial charge in [-0.2, -0.15) is 0 Å². The van der Waals surface area contributed by atoms with E-state index in [1.54, 1.807) is 6.07 Å². The minimum Gasteiger partial charge on any atom is -0.207 e. The lowest BCUT2D eigenvalue weighted by Gasteiger charge is -2.13. The molecule has 0 N–H and O–H groups in total. The summed E-state index contributed by atoms with van der Waals surface area (Å²) in [5, 5.41) is 0. The second-order valence-electron chi connectivity index (χ2n) is 4.93. The molecule has 1 aromatic carbocycles. The summed E-state index contributed by atoms with van der Waals surface area (Å²) in [6.07, 6.45) is 5.04. The average Bonchev–Trinajstić information content (AvgIpc) is 2.69. The van der Waals surface area contributed by atoms with Crippen LogP contribution in [0.4, 0.5) is 4.39 Å². The highest BCUT2D eigenvalue weighted by Crippen LogP contribution is 2.64. The molecule has 1 heteroatoms. The highest BCUT2D eigenvalue weighted by atomic mass is 19.1. The normalized spacial score (nSPS) is 34.3. The van der Waals surface area contributed by atoms with Gasteiger partial charge in [-0.25, -0.2) is 4.39 Å². The Morgan fingerprint density at radius 3 is 2.86 bits per heavy atom. The number of fused-ring (bicyclic) bond motifs is 1. The zero-order valence-corrected chi connectivity index (χ0v) is 8.52. The van der Waals surface area contributed by atoms with Gasteiger partial charge in [-0.3, -0.25) is 0 Å². The zero-order valence-electron chi connectivity index (χ0n) is 8.52. The van der Waals surface area contributed by atoms with E-state index in [9.17, 15) is 4.39 Å². The summed E-state index contributed by atoms with van der Waals surface area (Å²) in [5.74, 6) is 0.814. The Morgan fingerprint density at radius 2 is 2.29 bits per heavy atom. The number of hydrogen-bond donors (Lipinski definition) is 0. The largest absolute Gasteiger partial charge is 0.207 e. The van der Waals surface area contributed by atoms with E-state index in [0.29, 0.717) is 0 Å². The van der Waals surface area contributed by atoms with Crippen molar-refractivity contribution in [1.29, 1.82) is 0 Å². The van der Waals surface area contributed by atoms with Crippen LogP contribution in [-0.2, 0) is 5.41 Å². The van der Waals surface area contributed by atoms with Gasteiger partial charge in [0, 0.05) is 5.41 Å². The van der Waals surface area contributed by atoms with Crippen LogP contribution in [0.15, 0.2) is 18.2 Å². The maximum Gasteiger partial charge on any atom is 0.127 e. The summed E-state index contributed by atoms with van der Waals surface area (Å²) in [4.78, 5) is 0. The maximum absolute atomic E-state index is 13.8. The molecule has 2 aliphatic carbocycles. The molecule has 1 unspecified atom stereocenters. The molecule has 0 nitrogen and oxygen atoms in total. The summed E-state index contributed by atoms with van der Waals surface area (Å²) in [6.45, 7) is 1.95. The summed E-state index contributed by atoms with van der Waals surface area (Å²) < 4.78 is 13.8. The van der Waals surface area contributed by atoms with E-state index in [0.717, 1.165) is 17.0 Å². The molecule has 2 aliphatic rings. The van der Waals surface area contributed by atoms with Crippen LogP contribution >= 0.6 is 0 Å². The molecule has 0 amide bonds. The van der Waals surface area contributed by atoms with Crippen molar-refractivity contribution in [2.75, 3.05) is 0 Å². The van der Waals surface area contributed by atoms with E-state index < -0.39 is 0 Å². The minimum absolute atomic E-state index is 0.0226. The fraction of sp³-hybridized carbons (Fsp3) is 0.538. The molecule has 0 saturated heterocycles. The zero-order chi connectivity index (χ0) is 9.76. The van der Waals surface area contributed by atoms with Gasteiger partial charge in [-0.05, 0) is 49.3 Å². The van der Waals surface area contributed by atoms with Crippen molar-refractivity contribution in [3.8, 4) is 0 Å². The van der Waals surface area contributed by atoms with E-state index in [-0.39, 0.29) is 11.2 Å². The molecule has 0 aromatic heterocycles. The van der Waals surface area contributed by atoms with Crippen LogP contribution in [0.2, 0.25) is 0 Å². The molecule has 0 heterocycles. The SMILES string of the molecule is Cc1ccc([C@]23CCCC2C3)c(F)c1. The Bertz CT molecular complexity index is 383. The molecule has 2 fully saturated rings. The molecule has 3 rings (SSSR count). The first-order chi connectivity index (χ1) is 6.72. The third kappa shape index (κ3) is 0.985. The Labute approximate surface area is 84.1 Å². The summed E-state index contributed by atoms with van der Waals surface area (Å²) in [5.41, 5.74) is 2.28. The first kappa shape index (κ1) is 8.46. The highest BCUT2D eigenvalue weighted by Gasteiger charge is 2.58. The number of hydrogen-bond acceptors (Lipinski definition) is 0. The Hall–Kier alpha value is -0.850. The van der Waals surface area contributed by atoms with Crippen molar-refractivity contribution in [3.05, 3.63) is 35.1 Å². The average molecular weight is 190 g/mol. The standard InChI is InChI=1S/C13H15F/c1-9-4-5-11(12(14)7-9)13-6-2-3-10(13)8-13/h4-5,7,10H,2-3,6,8H2,1H3/t10?,13-/m0/s1. The lowest BCUT2D eigenvalue weighted by Crippen LogP contribution is -2.07. The van der Waals surface area contributed by atoms with E-state index >= 15 is 0 Å². The Balaban J connectivity index is 2.05. The third-order valence-electron chi connectivity index (χ3n) is 4.07. The molecule has 2 saturated carbocycles. The quantitative estimate of drug-likeness (QED) is 0.635. The Kier molecular flexibility index (Phi) is 1.56. The van der Waals surface area contributed by atoms with Crippen molar-refractivity contribution < 1.29 is 4.39 Å². The fourth-order valence-corrected chi connectivity index (χ4v) is 3.22. The van der Waals surface area contributed by atoms with Crippen molar-refractivity contribution >= 4 is 0 Å². The van der Waals surface area contributed by atoms with Gasteiger partial charge in [-0.15, -0.1) is 0 Å². The second kappa shape index (κ2) is 2.59. The molecule has 0 bridgehead atoms. The van der Waals surface area contributed by atoms with Gasteiger partial charge < -0.3 is 0 Å². The van der Waals surface area contributed by atoms with Crippen LogP contribution < -0.4 is 0 Å². The molecular formula is C13H15F. The van der Waals surface area contributed by atoms with Gasteiger partial charge >= 0.3 is 0 Å². The van der Waals surface area contributed by atoms with E-state index in [1.165, 1.54) is 25.7 Å². The molecule has 1 aromatic rings. The first-order valence-corrected chi connectivity index (χ1v) is 5.49. The van der Waals surface area contributed by atoms with Crippen molar-refractivity contribution in [2.24, 2.45) is 5.92 Å². The molecular weight excluding hydrogens is 175 g/mol. The first-order valence-electron chi connectivity index (χ1n) is 5.49. The van der Waals surface area contributed by atoms with Gasteiger partial charge in [0.05, 0.1) is 0 Å². The van der Waals surface area contributed by atoms with Crippen LogP contribution in [-0.4, -0.2) is 0 Å². The molecule has 2 atom stereocenters. The van der Waals surface area contributed by atoms with E-state index in [1.807, 2.05) is 19.1 Å². The topological polar surface area (TPSA) is 0 Å². The monoisotopic (exact) mass is 190 g/mol. The van der Waals surface area contributed by atoms with Crippen molar-refractivity contribution in [1.82, 2.24) is 0 Å². The maximum atomic E-state index is 13.8. The second-order valence-corrected chi connectivity index (χ2v) is 4.93. The lowest BCUT2D eigenvalue weighted by atomic mass is 9.92. The van der Waals surface area contributed by atoms with Gasteiger partial charge in [0.1, 0.15) is 5.82 Å². The van der Waals surface area contributed by atoms with Crippen LogP contribution in [0.25, 0.3) is 0 Å². The summed E-state index contributed by atoms with van der Waals surface area (Å²) in [6, 6.07) is 5.73. The number of halogens is 1. The van der Waals surface area contributed by atoms with Crippen LogP contribution in [0.5, 0.6) is 0 Å². The van der Waals surface area contributed by atoms with Gasteiger partial charge in [0.15, 0.2) is 0 Å². The van der Waals surface area contributed by atoms with Gasteiger partial charge in [-0.1, -0.05) is 18.6 Å². The third-order valence-corrected chi connectivity index (χ3v) is 4.07. The fourth-order valence-electron chi connectivity index (χ4n) is 3.22. The molecule has 74 valence electrons. The number of rotatable bonds is 1. The molecule has 0 aliphatic heterocycles. The van der Waals surface area contributed by atoms with Crippen LogP contribution in [0.3, 0.4) is 0 Å². The summed E-state index contributed by atoms with van der Waals surface area (Å²) in [7, 11) is 0. The van der Waals surface area contributed by atoms with Crippen LogP contribution in [0, 0.1) is 18.7 Å². The predicted molar refractivity (Wildman–Crippen MR) is 54.8 cm³/mol. The van der Waals surface area contributed by atoms with Crippen LogP contribution in [0.1, 0.15) is 36.8 Å². The van der Waals surface area contributed by atoms with Crippen molar-refractivity contribution in [2.45, 2.75) is 38.0 Å². The number of aryl methyl sites for hydroxylation is 1. The molecule has 0 spiro atoms. The number of benzene rings is 1. The molecule has 14 heavy (non-hydrogen) atoms. The summed E-state index contributed by atoms with van der Waals surface area (Å²) >= 11 is 0.